The lowest BCUT2D eigenvalue weighted by atomic mass is 10.3. The van der Waals surface area contributed by atoms with E-state index in [1.54, 1.807) is 12.1 Å². The van der Waals surface area contributed by atoms with Gasteiger partial charge in [-0.3, -0.25) is 4.72 Å². The summed E-state index contributed by atoms with van der Waals surface area (Å²) < 4.78 is 26.9. The summed E-state index contributed by atoms with van der Waals surface area (Å²) in [5.41, 5.74) is 7.04. The lowest BCUT2D eigenvalue weighted by molar-refractivity contribution is 0.601. The topological polar surface area (TPSA) is 88.3 Å². The Morgan fingerprint density at radius 2 is 1.80 bits per heavy atom. The van der Waals surface area contributed by atoms with Crippen LogP contribution in [0.2, 0.25) is 0 Å². The monoisotopic (exact) mass is 292 g/mol. The van der Waals surface area contributed by atoms with Crippen LogP contribution in [-0.4, -0.2) is 27.5 Å². The number of hydrogen-bond acceptors (Lipinski definition) is 5. The fourth-order valence-electron chi connectivity index (χ4n) is 1.67. The molecule has 0 aliphatic heterocycles. The van der Waals surface area contributed by atoms with Gasteiger partial charge in [0.05, 0.1) is 0 Å². The first-order valence-corrected chi connectivity index (χ1v) is 7.39. The van der Waals surface area contributed by atoms with Gasteiger partial charge in [-0.25, -0.2) is 13.4 Å². The molecule has 0 amide bonds. The summed E-state index contributed by atoms with van der Waals surface area (Å²) in [5.74, 6) is -0.0232. The zero-order valence-corrected chi connectivity index (χ0v) is 12.1. The molecule has 0 aliphatic carbocycles. The smallest absolute Gasteiger partial charge is 0.265 e. The van der Waals surface area contributed by atoms with Crippen molar-refractivity contribution in [3.63, 3.8) is 0 Å². The van der Waals surface area contributed by atoms with Crippen LogP contribution in [0.25, 0.3) is 0 Å². The Labute approximate surface area is 118 Å². The lowest BCUT2D eigenvalue weighted by Gasteiger charge is -2.13. The van der Waals surface area contributed by atoms with Crippen molar-refractivity contribution in [3.8, 4) is 0 Å². The maximum absolute atomic E-state index is 12.2. The number of nitrogens with one attached hydrogen (secondary N) is 1. The van der Waals surface area contributed by atoms with Crippen LogP contribution in [0.4, 0.5) is 17.2 Å². The Balaban J connectivity index is 2.27. The van der Waals surface area contributed by atoms with Gasteiger partial charge in [0, 0.05) is 31.7 Å². The molecular weight excluding hydrogens is 276 g/mol. The highest BCUT2D eigenvalue weighted by Crippen LogP contribution is 2.21. The fraction of sp³-hybridized carbons (Fsp3) is 0.154. The number of hydrogen-bond donors (Lipinski definition) is 2. The van der Waals surface area contributed by atoms with E-state index in [4.69, 9.17) is 5.73 Å². The SMILES string of the molecule is CN(C)c1ccc(NS(=O)(=O)c2cccnc2N)cc1. The van der Waals surface area contributed by atoms with Crippen LogP contribution in [0.3, 0.4) is 0 Å². The van der Waals surface area contributed by atoms with Crippen LogP contribution in [-0.2, 0) is 10.0 Å². The van der Waals surface area contributed by atoms with Gasteiger partial charge >= 0.3 is 0 Å². The summed E-state index contributed by atoms with van der Waals surface area (Å²) in [6.45, 7) is 0. The maximum Gasteiger partial charge on any atom is 0.265 e. The Morgan fingerprint density at radius 1 is 1.15 bits per heavy atom. The van der Waals surface area contributed by atoms with Crippen LogP contribution < -0.4 is 15.4 Å². The van der Waals surface area contributed by atoms with Crippen molar-refractivity contribution < 1.29 is 8.42 Å². The van der Waals surface area contributed by atoms with Crippen molar-refractivity contribution in [2.45, 2.75) is 4.90 Å². The molecule has 0 fully saturated rings. The van der Waals surface area contributed by atoms with Crippen LogP contribution >= 0.6 is 0 Å². The first-order valence-electron chi connectivity index (χ1n) is 5.91. The minimum Gasteiger partial charge on any atom is -0.383 e. The first kappa shape index (κ1) is 14.1. The van der Waals surface area contributed by atoms with Crippen LogP contribution in [0.5, 0.6) is 0 Å². The van der Waals surface area contributed by atoms with Gasteiger partial charge in [0.15, 0.2) is 0 Å². The zero-order valence-electron chi connectivity index (χ0n) is 11.2. The predicted molar refractivity (Wildman–Crippen MR) is 80.2 cm³/mol. The van der Waals surface area contributed by atoms with Gasteiger partial charge in [-0.2, -0.15) is 0 Å². The Bertz CT molecular complexity index is 697. The normalized spacial score (nSPS) is 11.1. The summed E-state index contributed by atoms with van der Waals surface area (Å²) >= 11 is 0. The lowest BCUT2D eigenvalue weighted by Crippen LogP contribution is -2.15. The third-order valence-electron chi connectivity index (χ3n) is 2.73. The number of pyridine rings is 1. The number of aromatic nitrogens is 1. The third-order valence-corrected chi connectivity index (χ3v) is 4.15. The van der Waals surface area contributed by atoms with E-state index in [9.17, 15) is 8.42 Å². The number of nitrogen functional groups attached to an aromatic ring is 1. The number of anilines is 3. The average molecular weight is 292 g/mol. The molecule has 20 heavy (non-hydrogen) atoms. The molecule has 0 atom stereocenters. The average Bonchev–Trinajstić information content (AvgIpc) is 2.39. The number of rotatable bonds is 4. The molecule has 6 nitrogen and oxygen atoms in total. The number of nitrogens with two attached hydrogens (primary N) is 1. The van der Waals surface area contributed by atoms with Gasteiger partial charge < -0.3 is 10.6 Å². The molecule has 0 spiro atoms. The third kappa shape index (κ3) is 3.00. The highest BCUT2D eigenvalue weighted by Gasteiger charge is 2.17. The molecule has 0 saturated heterocycles. The molecule has 1 aromatic carbocycles. The number of sulfonamides is 1. The molecular formula is C13H16N4O2S. The van der Waals surface area contributed by atoms with E-state index in [0.717, 1.165) is 5.69 Å². The van der Waals surface area contributed by atoms with Crippen molar-refractivity contribution in [2.75, 3.05) is 29.5 Å². The van der Waals surface area contributed by atoms with E-state index in [2.05, 4.69) is 9.71 Å². The molecule has 106 valence electrons. The van der Waals surface area contributed by atoms with Crippen LogP contribution in [0.15, 0.2) is 47.5 Å². The largest absolute Gasteiger partial charge is 0.383 e. The van der Waals surface area contributed by atoms with Crippen molar-refractivity contribution in [2.24, 2.45) is 0 Å². The van der Waals surface area contributed by atoms with Crippen LogP contribution in [0.1, 0.15) is 0 Å². The number of nitrogens with zero attached hydrogens (tertiary/aromatic N) is 2. The molecule has 0 saturated carbocycles. The van der Waals surface area contributed by atoms with Crippen LogP contribution in [0, 0.1) is 0 Å². The molecule has 2 aromatic rings. The molecule has 2 rings (SSSR count). The molecule has 7 heteroatoms. The predicted octanol–water partition coefficient (Wildman–Crippen LogP) is 1.53. The van der Waals surface area contributed by atoms with Gasteiger partial charge in [0.25, 0.3) is 10.0 Å². The van der Waals surface area contributed by atoms with E-state index in [0.29, 0.717) is 5.69 Å². The summed E-state index contributed by atoms with van der Waals surface area (Å²) in [4.78, 5) is 5.67. The molecule has 1 aromatic heterocycles. The number of benzene rings is 1. The quantitative estimate of drug-likeness (QED) is 0.892. The van der Waals surface area contributed by atoms with Gasteiger partial charge in [0.2, 0.25) is 0 Å². The van der Waals surface area contributed by atoms with E-state index in [1.165, 1.54) is 18.3 Å². The maximum atomic E-state index is 12.2. The summed E-state index contributed by atoms with van der Waals surface area (Å²) in [7, 11) is 0.0962. The fourth-order valence-corrected chi connectivity index (χ4v) is 2.81. The van der Waals surface area contributed by atoms with Gasteiger partial charge in [0.1, 0.15) is 10.7 Å². The summed E-state index contributed by atoms with van der Waals surface area (Å²) in [5, 5.41) is 0. The highest BCUT2D eigenvalue weighted by molar-refractivity contribution is 7.92. The molecule has 0 bridgehead atoms. The van der Waals surface area contributed by atoms with Crippen molar-refractivity contribution in [1.29, 1.82) is 0 Å². The van der Waals surface area contributed by atoms with Crippen molar-refractivity contribution >= 4 is 27.2 Å². The molecule has 0 unspecified atom stereocenters. The van der Waals surface area contributed by atoms with E-state index in [-0.39, 0.29) is 10.7 Å². The Morgan fingerprint density at radius 3 is 2.35 bits per heavy atom. The van der Waals surface area contributed by atoms with Crippen molar-refractivity contribution in [3.05, 3.63) is 42.6 Å². The first-order chi connectivity index (χ1) is 9.40. The second-order valence-electron chi connectivity index (χ2n) is 4.43. The van der Waals surface area contributed by atoms with Crippen molar-refractivity contribution in [1.82, 2.24) is 4.98 Å². The minimum absolute atomic E-state index is 0.0232. The standard InChI is InChI=1S/C13H16N4O2S/c1-17(2)11-7-5-10(6-8-11)16-20(18,19)12-4-3-9-15-13(12)14/h3-9,16H,1-2H3,(H2,14,15). The van der Waals surface area contributed by atoms with Gasteiger partial charge in [-0.05, 0) is 36.4 Å². The highest BCUT2D eigenvalue weighted by atomic mass is 32.2. The van der Waals surface area contributed by atoms with E-state index in [1.807, 2.05) is 31.1 Å². The molecule has 3 N–H and O–H groups in total. The van der Waals surface area contributed by atoms with Gasteiger partial charge in [-0.1, -0.05) is 0 Å². The van der Waals surface area contributed by atoms with Gasteiger partial charge in [-0.15, -0.1) is 0 Å². The molecule has 0 aliphatic rings. The Kier molecular flexibility index (Phi) is 3.80. The second kappa shape index (κ2) is 5.38. The second-order valence-corrected chi connectivity index (χ2v) is 6.08. The minimum atomic E-state index is -3.73. The molecule has 1 heterocycles. The molecule has 0 radical (unpaired) electrons. The van der Waals surface area contributed by atoms with E-state index < -0.39 is 10.0 Å². The van der Waals surface area contributed by atoms with E-state index >= 15 is 0 Å². The summed E-state index contributed by atoms with van der Waals surface area (Å²) in [6, 6.07) is 9.98. The summed E-state index contributed by atoms with van der Waals surface area (Å²) in [6.07, 6.45) is 1.44. The zero-order chi connectivity index (χ0) is 14.8. The Hall–Kier alpha value is -2.28.